The van der Waals surface area contributed by atoms with Crippen LogP contribution in [0.3, 0.4) is 0 Å². The molecule has 0 amide bonds. The summed E-state index contributed by atoms with van der Waals surface area (Å²) in [4.78, 5) is 0. The number of hydrogen-bond acceptors (Lipinski definition) is 1. The van der Waals surface area contributed by atoms with Crippen LogP contribution in [0.1, 0.15) is 17.5 Å². The van der Waals surface area contributed by atoms with Crippen molar-refractivity contribution in [2.75, 3.05) is 13.2 Å². The third kappa shape index (κ3) is 4.77. The number of aryl methyl sites for hydroxylation is 1. The molecule has 0 aliphatic heterocycles. The quantitative estimate of drug-likeness (QED) is 0.507. The third-order valence-corrected chi connectivity index (χ3v) is 2.35. The van der Waals surface area contributed by atoms with E-state index in [2.05, 4.69) is 5.32 Å². The molecule has 0 heterocycles. The summed E-state index contributed by atoms with van der Waals surface area (Å²) in [5.74, 6) is -0.000402. The zero-order chi connectivity index (χ0) is 11.8. The van der Waals surface area contributed by atoms with Gasteiger partial charge in [0.25, 0.3) is 0 Å². The molecule has 88 valence electrons. The summed E-state index contributed by atoms with van der Waals surface area (Å²) in [6, 6.07) is 8.13. The lowest BCUT2D eigenvalue weighted by atomic mass is 10.1. The minimum absolute atomic E-state index is 0.000402. The van der Waals surface area contributed by atoms with Crippen LogP contribution in [-0.2, 0) is 12.8 Å². The summed E-state index contributed by atoms with van der Waals surface area (Å²) in [6.07, 6.45) is 2.22. The first-order valence-electron chi connectivity index (χ1n) is 5.44. The number of halogens is 1. The largest absolute Gasteiger partial charge is 0.370 e. The zero-order valence-corrected chi connectivity index (χ0v) is 9.30. The lowest BCUT2D eigenvalue weighted by Gasteiger charge is -2.05. The minimum Gasteiger partial charge on any atom is -0.370 e. The van der Waals surface area contributed by atoms with Crippen molar-refractivity contribution in [3.8, 4) is 0 Å². The summed E-state index contributed by atoms with van der Waals surface area (Å²) in [5.41, 5.74) is 7.53. The lowest BCUT2D eigenvalue weighted by molar-refractivity contribution is 0.473. The van der Waals surface area contributed by atoms with Gasteiger partial charge < -0.3 is 11.1 Å². The maximum Gasteiger partial charge on any atom is 0.185 e. The van der Waals surface area contributed by atoms with Gasteiger partial charge in [-0.25, -0.2) is 0 Å². The van der Waals surface area contributed by atoms with E-state index >= 15 is 0 Å². The van der Waals surface area contributed by atoms with Gasteiger partial charge in [-0.3, -0.25) is 9.80 Å². The summed E-state index contributed by atoms with van der Waals surface area (Å²) in [7, 11) is 0. The molecule has 4 N–H and O–H groups in total. The van der Waals surface area contributed by atoms with Crippen LogP contribution in [0.15, 0.2) is 24.3 Å². The summed E-state index contributed by atoms with van der Waals surface area (Å²) in [6.45, 7) is 0.406. The normalized spacial score (nSPS) is 10.1. The monoisotopic (exact) mass is 223 g/mol. The maximum absolute atomic E-state index is 12.0. The Kier molecular flexibility index (Phi) is 5.32. The molecule has 4 heteroatoms. The van der Waals surface area contributed by atoms with E-state index in [0.29, 0.717) is 13.0 Å². The van der Waals surface area contributed by atoms with Gasteiger partial charge in [-0.1, -0.05) is 24.3 Å². The third-order valence-electron chi connectivity index (χ3n) is 2.35. The number of guanidine groups is 1. The average Bonchev–Trinajstić information content (AvgIpc) is 2.27. The van der Waals surface area contributed by atoms with Crippen LogP contribution in [0, 0.1) is 5.41 Å². The number of nitrogens with one attached hydrogen (secondary N) is 2. The second-order valence-corrected chi connectivity index (χ2v) is 3.70. The fourth-order valence-electron chi connectivity index (χ4n) is 1.49. The van der Waals surface area contributed by atoms with E-state index in [-0.39, 0.29) is 12.6 Å². The summed E-state index contributed by atoms with van der Waals surface area (Å²) in [5, 5.41) is 9.76. The predicted octanol–water partition coefficient (Wildman–Crippen LogP) is 1.61. The van der Waals surface area contributed by atoms with Crippen molar-refractivity contribution in [3.05, 3.63) is 35.4 Å². The second-order valence-electron chi connectivity index (χ2n) is 3.70. The predicted molar refractivity (Wildman–Crippen MR) is 64.4 cm³/mol. The number of nitrogens with two attached hydrogens (primary N) is 1. The highest BCUT2D eigenvalue weighted by Crippen LogP contribution is 2.07. The van der Waals surface area contributed by atoms with Gasteiger partial charge in [0.05, 0.1) is 6.67 Å². The Bertz CT molecular complexity index is 322. The van der Waals surface area contributed by atoms with E-state index in [9.17, 15) is 4.39 Å². The fraction of sp³-hybridized carbons (Fsp3) is 0.417. The first-order chi connectivity index (χ1) is 7.72. The minimum atomic E-state index is -0.260. The number of hydrogen-bond donors (Lipinski definition) is 3. The fourth-order valence-corrected chi connectivity index (χ4v) is 1.49. The van der Waals surface area contributed by atoms with Gasteiger partial charge >= 0.3 is 0 Å². The van der Waals surface area contributed by atoms with Gasteiger partial charge in [0.2, 0.25) is 0 Å². The van der Waals surface area contributed by atoms with Gasteiger partial charge in [-0.05, 0) is 30.4 Å². The van der Waals surface area contributed by atoms with Crippen molar-refractivity contribution in [2.24, 2.45) is 5.73 Å². The highest BCUT2D eigenvalue weighted by molar-refractivity contribution is 5.74. The zero-order valence-electron chi connectivity index (χ0n) is 9.30. The molecule has 1 aromatic rings. The second kappa shape index (κ2) is 6.82. The first-order valence-corrected chi connectivity index (χ1v) is 5.44. The molecule has 0 aliphatic carbocycles. The highest BCUT2D eigenvalue weighted by atomic mass is 19.1. The van der Waals surface area contributed by atoms with Gasteiger partial charge in [0, 0.05) is 6.54 Å². The van der Waals surface area contributed by atoms with E-state index in [1.165, 1.54) is 11.1 Å². The molecule has 0 bridgehead atoms. The van der Waals surface area contributed by atoms with Gasteiger partial charge in [-0.15, -0.1) is 0 Å². The molecule has 1 aromatic carbocycles. The number of rotatable bonds is 6. The van der Waals surface area contributed by atoms with Crippen LogP contribution >= 0.6 is 0 Å². The van der Waals surface area contributed by atoms with Crippen molar-refractivity contribution in [1.29, 1.82) is 5.41 Å². The van der Waals surface area contributed by atoms with Crippen LogP contribution in [-0.4, -0.2) is 19.2 Å². The Hall–Kier alpha value is -1.58. The summed E-state index contributed by atoms with van der Waals surface area (Å²) < 4.78 is 12.0. The Labute approximate surface area is 95.4 Å². The molecule has 0 aromatic heterocycles. The van der Waals surface area contributed by atoms with Gasteiger partial charge in [0.1, 0.15) is 0 Å². The van der Waals surface area contributed by atoms with Crippen LogP contribution < -0.4 is 11.1 Å². The van der Waals surface area contributed by atoms with Gasteiger partial charge in [-0.2, -0.15) is 0 Å². The Morgan fingerprint density at radius 1 is 1.19 bits per heavy atom. The van der Waals surface area contributed by atoms with Crippen molar-refractivity contribution in [1.82, 2.24) is 5.32 Å². The molecule has 3 nitrogen and oxygen atoms in total. The van der Waals surface area contributed by atoms with Crippen molar-refractivity contribution < 1.29 is 4.39 Å². The molecule has 0 saturated carbocycles. The molecule has 0 aliphatic rings. The van der Waals surface area contributed by atoms with Crippen molar-refractivity contribution >= 4 is 5.96 Å². The molecule has 0 saturated heterocycles. The topological polar surface area (TPSA) is 61.9 Å². The SMILES string of the molecule is N=C(N)NCCc1ccc(CCCF)cc1. The van der Waals surface area contributed by atoms with Crippen LogP contribution in [0.5, 0.6) is 0 Å². The lowest BCUT2D eigenvalue weighted by Crippen LogP contribution is -2.31. The molecule has 0 spiro atoms. The molecule has 0 atom stereocenters. The van der Waals surface area contributed by atoms with Crippen molar-refractivity contribution in [2.45, 2.75) is 19.3 Å². The van der Waals surface area contributed by atoms with Crippen LogP contribution in [0.2, 0.25) is 0 Å². The van der Waals surface area contributed by atoms with E-state index in [1.807, 2.05) is 24.3 Å². The number of alkyl halides is 1. The molecule has 16 heavy (non-hydrogen) atoms. The van der Waals surface area contributed by atoms with E-state index in [0.717, 1.165) is 12.8 Å². The average molecular weight is 223 g/mol. The molecule has 0 fully saturated rings. The van der Waals surface area contributed by atoms with Crippen molar-refractivity contribution in [3.63, 3.8) is 0 Å². The molecule has 0 unspecified atom stereocenters. The smallest absolute Gasteiger partial charge is 0.185 e. The van der Waals surface area contributed by atoms with E-state index in [1.54, 1.807) is 0 Å². The van der Waals surface area contributed by atoms with E-state index in [4.69, 9.17) is 11.1 Å². The molecule has 0 radical (unpaired) electrons. The molecular weight excluding hydrogens is 205 g/mol. The summed E-state index contributed by atoms with van der Waals surface area (Å²) >= 11 is 0. The van der Waals surface area contributed by atoms with Crippen LogP contribution in [0.4, 0.5) is 4.39 Å². The van der Waals surface area contributed by atoms with E-state index < -0.39 is 0 Å². The standard InChI is InChI=1S/C12H18FN3/c13-8-1-2-10-3-5-11(6-4-10)7-9-16-12(14)15/h3-6H,1-2,7-9H2,(H4,14,15,16). The Balaban J connectivity index is 2.36. The maximum atomic E-state index is 12.0. The number of benzene rings is 1. The highest BCUT2D eigenvalue weighted by Gasteiger charge is 1.96. The Morgan fingerprint density at radius 3 is 2.25 bits per heavy atom. The molecule has 1 rings (SSSR count). The van der Waals surface area contributed by atoms with Crippen LogP contribution in [0.25, 0.3) is 0 Å². The first kappa shape index (κ1) is 12.5. The Morgan fingerprint density at radius 2 is 1.75 bits per heavy atom. The van der Waals surface area contributed by atoms with Gasteiger partial charge in [0.15, 0.2) is 5.96 Å². The molecular formula is C12H18FN3.